The van der Waals surface area contributed by atoms with E-state index in [2.05, 4.69) is 99.4 Å². The monoisotopic (exact) mass is 614 g/mol. The summed E-state index contributed by atoms with van der Waals surface area (Å²) in [5.41, 5.74) is 16.8. The molecule has 242 valence electrons. The van der Waals surface area contributed by atoms with Gasteiger partial charge in [-0.1, -0.05) is 68.5 Å². The standard InChI is InChI=1S/C43H54N2O/c1-5-34-29-37(18-16-31(34)3)42-30-38-14-9-7-8-13-36(22-27-46)43(38)41(39(42)6-2)15-10-12-33-17-19-40(32(4)28-33)35-20-25-45(26-21-35)24-11-23-44/h9,14,16-19,22,28-30,35,46H,5-8,10-13,15,20-21,24-27H2,1-4H3. The first-order valence-electron chi connectivity index (χ1n) is 17.9. The molecule has 5 rings (SSSR count). The SMILES string of the molecule is CCc1cc(-c2cc3c(c(CCCc4ccc(C5CCN(CCC#N)CC5)c(C)c4)c2CC)C(=CCO)CCCC=C3)ccc1C. The maximum absolute atomic E-state index is 10.0. The highest BCUT2D eigenvalue weighted by Crippen LogP contribution is 2.40. The quantitative estimate of drug-likeness (QED) is 0.234. The van der Waals surface area contributed by atoms with Crippen molar-refractivity contribution in [1.29, 1.82) is 5.26 Å². The molecule has 1 saturated heterocycles. The molecule has 46 heavy (non-hydrogen) atoms. The normalized spacial score (nSPS) is 16.7. The first-order chi connectivity index (χ1) is 22.5. The van der Waals surface area contributed by atoms with Gasteiger partial charge in [-0.3, -0.25) is 0 Å². The summed E-state index contributed by atoms with van der Waals surface area (Å²) in [4.78, 5) is 2.45. The van der Waals surface area contributed by atoms with Crippen LogP contribution in [0.15, 0.2) is 54.6 Å². The lowest BCUT2D eigenvalue weighted by molar-refractivity contribution is 0.216. The van der Waals surface area contributed by atoms with E-state index in [1.165, 1.54) is 79.6 Å². The number of aryl methyl sites for hydroxylation is 4. The van der Waals surface area contributed by atoms with Crippen LogP contribution in [0.1, 0.15) is 115 Å². The maximum Gasteiger partial charge on any atom is 0.0635 e. The van der Waals surface area contributed by atoms with Crippen LogP contribution in [0.2, 0.25) is 0 Å². The number of rotatable bonds is 11. The van der Waals surface area contributed by atoms with E-state index in [-0.39, 0.29) is 6.61 Å². The topological polar surface area (TPSA) is 47.3 Å². The molecule has 3 aromatic carbocycles. The van der Waals surface area contributed by atoms with Crippen LogP contribution >= 0.6 is 0 Å². The van der Waals surface area contributed by atoms with E-state index in [0.717, 1.165) is 71.0 Å². The Balaban J connectivity index is 1.43. The lowest BCUT2D eigenvalue weighted by Gasteiger charge is -2.32. The third kappa shape index (κ3) is 7.91. The van der Waals surface area contributed by atoms with Crippen molar-refractivity contribution >= 4 is 11.6 Å². The summed E-state index contributed by atoms with van der Waals surface area (Å²) in [7, 11) is 0. The predicted molar refractivity (Wildman–Crippen MR) is 195 cm³/mol. The lowest BCUT2D eigenvalue weighted by atomic mass is 9.80. The number of aliphatic hydroxyl groups excluding tert-OH is 1. The van der Waals surface area contributed by atoms with E-state index in [1.807, 2.05) is 0 Å². The molecule has 0 spiro atoms. The minimum Gasteiger partial charge on any atom is -0.392 e. The van der Waals surface area contributed by atoms with Crippen molar-refractivity contribution in [2.45, 2.75) is 104 Å². The molecule has 3 heteroatoms. The lowest BCUT2D eigenvalue weighted by Crippen LogP contribution is -2.33. The smallest absolute Gasteiger partial charge is 0.0635 e. The number of hydrogen-bond acceptors (Lipinski definition) is 3. The van der Waals surface area contributed by atoms with Gasteiger partial charge < -0.3 is 10.0 Å². The molecule has 1 aliphatic carbocycles. The number of fused-ring (bicyclic) bond motifs is 1. The fourth-order valence-corrected chi connectivity index (χ4v) is 8.03. The molecule has 0 radical (unpaired) electrons. The first kappa shape index (κ1) is 33.9. The molecule has 0 atom stereocenters. The van der Waals surface area contributed by atoms with Gasteiger partial charge in [-0.2, -0.15) is 5.26 Å². The first-order valence-corrected chi connectivity index (χ1v) is 17.9. The average Bonchev–Trinajstić information content (AvgIpc) is 3.06. The maximum atomic E-state index is 10.0. The number of likely N-dealkylation sites (tertiary alicyclic amines) is 1. The number of nitrogens with zero attached hydrogens (tertiary/aromatic N) is 2. The number of piperidine rings is 1. The summed E-state index contributed by atoms with van der Waals surface area (Å²) in [6, 6.07) is 19.0. The Morgan fingerprint density at radius 1 is 0.957 bits per heavy atom. The Bertz CT molecular complexity index is 1600. The second kappa shape index (κ2) is 16.4. The van der Waals surface area contributed by atoms with Crippen molar-refractivity contribution in [2.24, 2.45) is 0 Å². The summed E-state index contributed by atoms with van der Waals surface area (Å²) in [6.45, 7) is 12.3. The molecule has 0 bridgehead atoms. The molecule has 0 saturated carbocycles. The van der Waals surface area contributed by atoms with Crippen LogP contribution in [0.5, 0.6) is 0 Å². The zero-order valence-electron chi connectivity index (χ0n) is 28.8. The minimum atomic E-state index is 0.0868. The number of allylic oxidation sites excluding steroid dienone is 2. The Kier molecular flexibility index (Phi) is 12.1. The van der Waals surface area contributed by atoms with Crippen LogP contribution in [0.25, 0.3) is 22.8 Å². The fraction of sp³-hybridized carbons (Fsp3) is 0.465. The Hall–Kier alpha value is -3.45. The van der Waals surface area contributed by atoms with E-state index >= 15 is 0 Å². The van der Waals surface area contributed by atoms with Crippen LogP contribution in [0, 0.1) is 25.2 Å². The highest BCUT2D eigenvalue weighted by Gasteiger charge is 2.23. The van der Waals surface area contributed by atoms with Crippen molar-refractivity contribution in [3.8, 4) is 17.2 Å². The molecule has 1 fully saturated rings. The fourth-order valence-electron chi connectivity index (χ4n) is 8.03. The van der Waals surface area contributed by atoms with Crippen molar-refractivity contribution < 1.29 is 5.11 Å². The molecular formula is C43H54N2O. The summed E-state index contributed by atoms with van der Waals surface area (Å²) >= 11 is 0. The van der Waals surface area contributed by atoms with Gasteiger partial charge in [0.05, 0.1) is 12.7 Å². The largest absolute Gasteiger partial charge is 0.392 e. The summed E-state index contributed by atoms with van der Waals surface area (Å²) < 4.78 is 0. The molecule has 0 aromatic heterocycles. The molecule has 1 N–H and O–H groups in total. The summed E-state index contributed by atoms with van der Waals surface area (Å²) in [5.74, 6) is 0.626. The summed E-state index contributed by atoms with van der Waals surface area (Å²) in [6.07, 6.45) is 18.2. The van der Waals surface area contributed by atoms with Crippen molar-refractivity contribution in [3.05, 3.63) is 105 Å². The zero-order chi connectivity index (χ0) is 32.5. The molecule has 2 aliphatic rings. The molecule has 1 aliphatic heterocycles. The third-order valence-corrected chi connectivity index (χ3v) is 10.5. The van der Waals surface area contributed by atoms with Gasteiger partial charge in [0, 0.05) is 13.0 Å². The van der Waals surface area contributed by atoms with Crippen LogP contribution in [-0.2, 0) is 25.7 Å². The molecule has 3 aromatic rings. The predicted octanol–water partition coefficient (Wildman–Crippen LogP) is 9.94. The number of benzene rings is 3. The van der Waals surface area contributed by atoms with Gasteiger partial charge in [0.15, 0.2) is 0 Å². The van der Waals surface area contributed by atoms with Crippen molar-refractivity contribution in [3.63, 3.8) is 0 Å². The van der Waals surface area contributed by atoms with Gasteiger partial charge >= 0.3 is 0 Å². The zero-order valence-corrected chi connectivity index (χ0v) is 28.8. The molecule has 0 amide bonds. The van der Waals surface area contributed by atoms with E-state index in [9.17, 15) is 5.11 Å². The van der Waals surface area contributed by atoms with E-state index in [0.29, 0.717) is 12.3 Å². The van der Waals surface area contributed by atoms with E-state index in [4.69, 9.17) is 5.26 Å². The van der Waals surface area contributed by atoms with Crippen LogP contribution < -0.4 is 0 Å². The number of aliphatic hydroxyl groups is 1. The van der Waals surface area contributed by atoms with Gasteiger partial charge in [0.2, 0.25) is 0 Å². The van der Waals surface area contributed by atoms with Gasteiger partial charge in [-0.25, -0.2) is 0 Å². The second-order valence-corrected chi connectivity index (χ2v) is 13.5. The molecule has 0 unspecified atom stereocenters. The molecule has 1 heterocycles. The highest BCUT2D eigenvalue weighted by molar-refractivity contribution is 5.84. The Morgan fingerprint density at radius 3 is 2.50 bits per heavy atom. The van der Waals surface area contributed by atoms with E-state index < -0.39 is 0 Å². The highest BCUT2D eigenvalue weighted by atomic mass is 16.2. The van der Waals surface area contributed by atoms with Crippen LogP contribution in [0.3, 0.4) is 0 Å². The van der Waals surface area contributed by atoms with Crippen molar-refractivity contribution in [2.75, 3.05) is 26.2 Å². The van der Waals surface area contributed by atoms with Gasteiger partial charge in [0.1, 0.15) is 0 Å². The van der Waals surface area contributed by atoms with Gasteiger partial charge in [-0.05, 0) is 170 Å². The van der Waals surface area contributed by atoms with E-state index in [1.54, 1.807) is 0 Å². The van der Waals surface area contributed by atoms with Crippen LogP contribution in [-0.4, -0.2) is 36.2 Å². The average molecular weight is 615 g/mol. The van der Waals surface area contributed by atoms with Gasteiger partial charge in [-0.15, -0.1) is 0 Å². The third-order valence-electron chi connectivity index (χ3n) is 10.5. The molecule has 3 nitrogen and oxygen atoms in total. The van der Waals surface area contributed by atoms with Crippen LogP contribution in [0.4, 0.5) is 0 Å². The number of hydrogen-bond donors (Lipinski definition) is 1. The number of nitriles is 1. The van der Waals surface area contributed by atoms with Crippen molar-refractivity contribution in [1.82, 2.24) is 4.90 Å². The second-order valence-electron chi connectivity index (χ2n) is 13.5. The minimum absolute atomic E-state index is 0.0868. The Labute approximate surface area is 278 Å². The van der Waals surface area contributed by atoms with Gasteiger partial charge in [0.25, 0.3) is 0 Å². The summed E-state index contributed by atoms with van der Waals surface area (Å²) in [5, 5.41) is 19.0. The molecular weight excluding hydrogens is 560 g/mol. The Morgan fingerprint density at radius 2 is 1.78 bits per heavy atom.